The van der Waals surface area contributed by atoms with Crippen LogP contribution >= 0.6 is 23.1 Å². The molecule has 194 valence electrons. The van der Waals surface area contributed by atoms with Crippen LogP contribution < -0.4 is 0 Å². The van der Waals surface area contributed by atoms with Gasteiger partial charge in [0.05, 0.1) is 22.8 Å². The van der Waals surface area contributed by atoms with Gasteiger partial charge < -0.3 is 14.4 Å². The number of aromatic nitrogens is 1. The Kier molecular flexibility index (Phi) is 7.33. The van der Waals surface area contributed by atoms with E-state index in [0.717, 1.165) is 58.8 Å². The third kappa shape index (κ3) is 4.72. The average molecular weight is 544 g/mol. The van der Waals surface area contributed by atoms with E-state index in [1.165, 1.54) is 22.2 Å². The van der Waals surface area contributed by atoms with E-state index in [-0.39, 0.29) is 17.9 Å². The number of rotatable bonds is 5. The molecule has 38 heavy (non-hydrogen) atoms. The van der Waals surface area contributed by atoms with E-state index >= 15 is 0 Å². The highest BCUT2D eigenvalue weighted by atomic mass is 32.2. The number of thioether (sulfide) groups is 1. The van der Waals surface area contributed by atoms with Crippen LogP contribution in [-0.2, 0) is 22.4 Å². The highest BCUT2D eigenvalue weighted by Crippen LogP contribution is 2.42. The number of carbonyl (C=O) groups excluding carboxylic acids is 1. The number of aliphatic hydroxyl groups excluding tert-OH is 1. The van der Waals surface area contributed by atoms with Crippen molar-refractivity contribution in [1.82, 2.24) is 4.57 Å². The van der Waals surface area contributed by atoms with Gasteiger partial charge in [0.2, 0.25) is 0 Å². The topological polar surface area (TPSA) is 87.6 Å². The summed E-state index contributed by atoms with van der Waals surface area (Å²) in [4.78, 5) is 19.3. The number of nitriles is 1. The molecule has 2 aliphatic rings. The molecule has 1 aliphatic carbocycles. The SMILES string of the molecule is CCOC(=O)C1=C(O)C(=Cc2cc(C)n(-c3sc4c(c3C#N)CCCC4)c2C)SC1=Nc1ccc(C)cc1. The molecule has 0 saturated carbocycles. The molecule has 0 amide bonds. The summed E-state index contributed by atoms with van der Waals surface area (Å²) in [5.74, 6) is -0.728. The van der Waals surface area contributed by atoms with Crippen LogP contribution in [0.3, 0.4) is 0 Å². The first-order chi connectivity index (χ1) is 18.3. The van der Waals surface area contributed by atoms with Gasteiger partial charge >= 0.3 is 5.97 Å². The lowest BCUT2D eigenvalue weighted by molar-refractivity contribution is -0.138. The lowest BCUT2D eigenvalue weighted by atomic mass is 9.96. The van der Waals surface area contributed by atoms with Crippen molar-refractivity contribution >= 4 is 45.9 Å². The van der Waals surface area contributed by atoms with E-state index in [1.54, 1.807) is 18.3 Å². The maximum atomic E-state index is 12.8. The standard InChI is InChI=1S/C30H29N3O3S2/c1-5-36-30(35)26-27(34)25(37-28(26)32-21-12-10-17(2)11-13-21)15-20-14-18(3)33(19(20)4)29-23(16-31)22-8-6-7-9-24(22)38-29/h10-15,34H,5-9H2,1-4H3. The Labute approximate surface area is 231 Å². The van der Waals surface area contributed by atoms with Crippen molar-refractivity contribution in [3.63, 3.8) is 0 Å². The minimum absolute atomic E-state index is 0.0789. The predicted molar refractivity (Wildman–Crippen MR) is 155 cm³/mol. The molecule has 8 heteroatoms. The minimum atomic E-state index is -0.597. The van der Waals surface area contributed by atoms with Crippen molar-refractivity contribution in [1.29, 1.82) is 5.26 Å². The minimum Gasteiger partial charge on any atom is -0.506 e. The number of thiophene rings is 1. The van der Waals surface area contributed by atoms with Gasteiger partial charge in [-0.05, 0) is 88.8 Å². The number of aryl methyl sites for hydroxylation is 3. The number of benzene rings is 1. The second-order valence-electron chi connectivity index (χ2n) is 9.47. The average Bonchev–Trinajstić information content (AvgIpc) is 3.50. The first-order valence-electron chi connectivity index (χ1n) is 12.7. The van der Waals surface area contributed by atoms with Gasteiger partial charge in [-0.25, -0.2) is 9.79 Å². The predicted octanol–water partition coefficient (Wildman–Crippen LogP) is 7.41. The molecule has 0 unspecified atom stereocenters. The molecular weight excluding hydrogens is 514 g/mol. The van der Waals surface area contributed by atoms with Crippen LogP contribution in [0, 0.1) is 32.1 Å². The summed E-state index contributed by atoms with van der Waals surface area (Å²) < 4.78 is 7.38. The largest absolute Gasteiger partial charge is 0.506 e. The molecule has 0 atom stereocenters. The van der Waals surface area contributed by atoms with Crippen molar-refractivity contribution in [2.75, 3.05) is 6.61 Å². The highest BCUT2D eigenvalue weighted by molar-refractivity contribution is 8.18. The fourth-order valence-electron chi connectivity index (χ4n) is 4.94. The fraction of sp³-hybridized carbons (Fsp3) is 0.300. The van der Waals surface area contributed by atoms with Gasteiger partial charge in [0.25, 0.3) is 0 Å². The van der Waals surface area contributed by atoms with E-state index in [1.807, 2.05) is 51.1 Å². The zero-order chi connectivity index (χ0) is 27.0. The summed E-state index contributed by atoms with van der Waals surface area (Å²) in [5, 5.41) is 22.5. The van der Waals surface area contributed by atoms with Crippen molar-refractivity contribution in [3.05, 3.63) is 85.1 Å². The number of aliphatic imine (C=N–C) groups is 1. The molecule has 0 spiro atoms. The number of ether oxygens (including phenoxy) is 1. The molecule has 6 nitrogen and oxygen atoms in total. The van der Waals surface area contributed by atoms with Crippen LogP contribution in [0.2, 0.25) is 0 Å². The third-order valence-electron chi connectivity index (χ3n) is 6.86. The van der Waals surface area contributed by atoms with Gasteiger partial charge in [-0.2, -0.15) is 5.26 Å². The maximum Gasteiger partial charge on any atom is 0.344 e. The first-order valence-corrected chi connectivity index (χ1v) is 14.4. The zero-order valence-corrected chi connectivity index (χ0v) is 23.6. The molecule has 3 aromatic rings. The molecule has 0 saturated heterocycles. The number of fused-ring (bicyclic) bond motifs is 1. The summed E-state index contributed by atoms with van der Waals surface area (Å²) in [6.07, 6.45) is 6.16. The molecule has 3 heterocycles. The van der Waals surface area contributed by atoms with Gasteiger partial charge in [-0.3, -0.25) is 0 Å². The zero-order valence-electron chi connectivity index (χ0n) is 21.9. The second kappa shape index (κ2) is 10.7. The summed E-state index contributed by atoms with van der Waals surface area (Å²) in [7, 11) is 0. The van der Waals surface area contributed by atoms with Crippen LogP contribution in [0.4, 0.5) is 5.69 Å². The Morgan fingerprint density at radius 3 is 2.66 bits per heavy atom. The van der Waals surface area contributed by atoms with Crippen LogP contribution in [0.5, 0.6) is 0 Å². The highest BCUT2D eigenvalue weighted by Gasteiger charge is 2.33. The molecule has 1 aromatic carbocycles. The Morgan fingerprint density at radius 1 is 1.21 bits per heavy atom. The molecule has 5 rings (SSSR count). The molecule has 0 bridgehead atoms. The number of esters is 1. The van der Waals surface area contributed by atoms with Crippen LogP contribution in [-0.4, -0.2) is 27.3 Å². The molecule has 0 radical (unpaired) electrons. The number of carbonyl (C=O) groups is 1. The van der Waals surface area contributed by atoms with Crippen molar-refractivity contribution in [3.8, 4) is 11.1 Å². The monoisotopic (exact) mass is 543 g/mol. The Morgan fingerprint density at radius 2 is 1.95 bits per heavy atom. The van der Waals surface area contributed by atoms with Crippen molar-refractivity contribution in [2.45, 2.75) is 53.4 Å². The maximum absolute atomic E-state index is 12.8. The Hall–Kier alpha value is -3.54. The van der Waals surface area contributed by atoms with E-state index < -0.39 is 5.97 Å². The van der Waals surface area contributed by atoms with Crippen molar-refractivity contribution < 1.29 is 14.6 Å². The number of aliphatic hydroxyl groups is 1. The van der Waals surface area contributed by atoms with Gasteiger partial charge in [-0.1, -0.05) is 29.5 Å². The lowest BCUT2D eigenvalue weighted by Gasteiger charge is -2.10. The Balaban J connectivity index is 1.57. The van der Waals surface area contributed by atoms with Gasteiger partial charge in [0, 0.05) is 16.3 Å². The lowest BCUT2D eigenvalue weighted by Crippen LogP contribution is -2.12. The number of nitrogens with zero attached hydrogens (tertiary/aromatic N) is 3. The second-order valence-corrected chi connectivity index (χ2v) is 11.6. The van der Waals surface area contributed by atoms with Crippen LogP contribution in [0.15, 0.2) is 51.6 Å². The summed E-state index contributed by atoms with van der Waals surface area (Å²) >= 11 is 2.96. The van der Waals surface area contributed by atoms with E-state index in [9.17, 15) is 15.2 Å². The number of hydrogen-bond donors (Lipinski definition) is 1. The third-order valence-corrected chi connectivity index (χ3v) is 9.16. The first kappa shape index (κ1) is 26.1. The summed E-state index contributed by atoms with van der Waals surface area (Å²) in [6.45, 7) is 7.98. The molecule has 0 fully saturated rings. The van der Waals surface area contributed by atoms with E-state index in [4.69, 9.17) is 4.74 Å². The molecular formula is C30H29N3O3S2. The van der Waals surface area contributed by atoms with Gasteiger partial charge in [0.1, 0.15) is 27.4 Å². The molecule has 1 N–H and O–H groups in total. The van der Waals surface area contributed by atoms with Crippen LogP contribution in [0.1, 0.15) is 58.3 Å². The van der Waals surface area contributed by atoms with Crippen LogP contribution in [0.25, 0.3) is 11.1 Å². The summed E-state index contributed by atoms with van der Waals surface area (Å²) in [5.41, 5.74) is 6.75. The van der Waals surface area contributed by atoms with Gasteiger partial charge in [0.15, 0.2) is 0 Å². The fourth-order valence-corrected chi connectivity index (χ4v) is 7.42. The quantitative estimate of drug-likeness (QED) is 0.339. The normalized spacial score (nSPS) is 17.2. The van der Waals surface area contributed by atoms with Gasteiger partial charge in [-0.15, -0.1) is 11.3 Å². The Bertz CT molecular complexity index is 1560. The molecule has 2 aromatic heterocycles. The van der Waals surface area contributed by atoms with E-state index in [0.29, 0.717) is 15.6 Å². The number of hydrogen-bond acceptors (Lipinski definition) is 7. The van der Waals surface area contributed by atoms with E-state index in [2.05, 4.69) is 21.7 Å². The smallest absolute Gasteiger partial charge is 0.344 e. The molecule has 1 aliphatic heterocycles. The van der Waals surface area contributed by atoms with Crippen molar-refractivity contribution in [2.24, 2.45) is 4.99 Å². The summed E-state index contributed by atoms with van der Waals surface area (Å²) in [6, 6.07) is 12.2.